The van der Waals surface area contributed by atoms with E-state index in [1.54, 1.807) is 18.5 Å². The lowest BCUT2D eigenvalue weighted by atomic mass is 9.99. The number of sulfonamides is 1. The Morgan fingerprint density at radius 2 is 2.12 bits per heavy atom. The Hall–Kier alpha value is -2.45. The van der Waals surface area contributed by atoms with Gasteiger partial charge in [-0.25, -0.2) is 13.2 Å². The molecule has 4 rings (SSSR count). The summed E-state index contributed by atoms with van der Waals surface area (Å²) in [6.45, 7) is 0.455. The van der Waals surface area contributed by atoms with Crippen molar-refractivity contribution in [1.29, 1.82) is 0 Å². The minimum absolute atomic E-state index is 0.124. The van der Waals surface area contributed by atoms with E-state index < -0.39 is 15.8 Å². The molecule has 0 amide bonds. The second kappa shape index (κ2) is 6.12. The molecule has 1 fully saturated rings. The number of hydrogen-bond donors (Lipinski definition) is 1. The fraction of sp³-hybridized carbons (Fsp3) is 0.294. The zero-order chi connectivity index (χ0) is 17.4. The Morgan fingerprint density at radius 3 is 2.92 bits per heavy atom. The lowest BCUT2D eigenvalue weighted by Gasteiger charge is -2.34. The largest absolute Gasteiger partial charge is 0.417 e. The molecule has 8 heteroatoms. The van der Waals surface area contributed by atoms with Crippen LogP contribution >= 0.6 is 0 Å². The fourth-order valence-electron chi connectivity index (χ4n) is 3.32. The highest BCUT2D eigenvalue weighted by molar-refractivity contribution is 7.89. The topological polar surface area (TPSA) is 96.3 Å². The number of benzene rings is 1. The van der Waals surface area contributed by atoms with Gasteiger partial charge in [0, 0.05) is 25.0 Å². The first kappa shape index (κ1) is 16.0. The molecule has 3 aromatic rings. The van der Waals surface area contributed by atoms with E-state index in [0.717, 1.165) is 24.8 Å². The summed E-state index contributed by atoms with van der Waals surface area (Å²) in [5.41, 5.74) is 1.60. The van der Waals surface area contributed by atoms with E-state index in [2.05, 4.69) is 9.97 Å². The summed E-state index contributed by atoms with van der Waals surface area (Å²) in [7, 11) is -3.71. The van der Waals surface area contributed by atoms with Gasteiger partial charge < -0.3 is 4.42 Å². The van der Waals surface area contributed by atoms with Crippen molar-refractivity contribution in [3.05, 3.63) is 58.8 Å². The predicted octanol–water partition coefficient (Wildman–Crippen LogP) is 2.43. The maximum atomic E-state index is 13.2. The molecule has 1 atom stereocenters. The molecular weight excluding hydrogens is 342 g/mol. The third-order valence-electron chi connectivity index (χ3n) is 4.52. The average Bonchev–Trinajstić information content (AvgIpc) is 3.01. The van der Waals surface area contributed by atoms with E-state index in [4.69, 9.17) is 4.42 Å². The standard InChI is InChI=1S/C17H17N3O4S/c21-17-19-14-7-6-13(10-16(14)24-17)25(22,23)20-9-2-1-5-15(20)12-4-3-8-18-11-12/h3-4,6-8,10-11,15H,1-2,5,9H2,(H,19,21). The predicted molar refractivity (Wildman–Crippen MR) is 91.6 cm³/mol. The van der Waals surface area contributed by atoms with Crippen LogP contribution in [0.1, 0.15) is 30.9 Å². The van der Waals surface area contributed by atoms with Gasteiger partial charge in [-0.2, -0.15) is 4.31 Å². The monoisotopic (exact) mass is 359 g/mol. The Labute approximate surface area is 144 Å². The van der Waals surface area contributed by atoms with Gasteiger partial charge in [-0.3, -0.25) is 9.97 Å². The molecule has 0 aliphatic carbocycles. The number of pyridine rings is 1. The van der Waals surface area contributed by atoms with Crippen LogP contribution in [0.2, 0.25) is 0 Å². The first-order valence-corrected chi connectivity index (χ1v) is 9.54. The van der Waals surface area contributed by atoms with Gasteiger partial charge in [0.05, 0.1) is 16.5 Å². The van der Waals surface area contributed by atoms with E-state index in [0.29, 0.717) is 12.1 Å². The van der Waals surface area contributed by atoms with Crippen molar-refractivity contribution in [3.63, 3.8) is 0 Å². The molecule has 0 radical (unpaired) electrons. The first-order chi connectivity index (χ1) is 12.1. The maximum absolute atomic E-state index is 13.2. The number of oxazole rings is 1. The normalized spacial score (nSPS) is 19.3. The van der Waals surface area contributed by atoms with Gasteiger partial charge in [-0.1, -0.05) is 12.5 Å². The molecule has 0 saturated carbocycles. The lowest BCUT2D eigenvalue weighted by Crippen LogP contribution is -2.38. The van der Waals surface area contributed by atoms with Crippen LogP contribution < -0.4 is 5.76 Å². The van der Waals surface area contributed by atoms with Crippen LogP contribution in [0.3, 0.4) is 0 Å². The second-order valence-corrected chi connectivity index (χ2v) is 7.98. The summed E-state index contributed by atoms with van der Waals surface area (Å²) in [5, 5.41) is 0. The second-order valence-electron chi connectivity index (χ2n) is 6.09. The van der Waals surface area contributed by atoms with Gasteiger partial charge in [0.25, 0.3) is 0 Å². The molecule has 25 heavy (non-hydrogen) atoms. The zero-order valence-corrected chi connectivity index (χ0v) is 14.2. The Kier molecular flexibility index (Phi) is 3.93. The maximum Gasteiger partial charge on any atom is 0.417 e. The van der Waals surface area contributed by atoms with Crippen LogP contribution in [-0.2, 0) is 10.0 Å². The number of H-pyrrole nitrogens is 1. The van der Waals surface area contributed by atoms with Gasteiger partial charge in [-0.05, 0) is 36.6 Å². The number of piperidine rings is 1. The quantitative estimate of drug-likeness (QED) is 0.775. The lowest BCUT2D eigenvalue weighted by molar-refractivity contribution is 0.255. The highest BCUT2D eigenvalue weighted by Crippen LogP contribution is 2.35. The molecule has 0 bridgehead atoms. The molecule has 1 aliphatic heterocycles. The number of nitrogens with zero attached hydrogens (tertiary/aromatic N) is 2. The molecule has 1 aliphatic rings. The van der Waals surface area contributed by atoms with Gasteiger partial charge >= 0.3 is 5.76 Å². The van der Waals surface area contributed by atoms with Crippen LogP contribution in [0.15, 0.2) is 56.8 Å². The number of aromatic nitrogens is 2. The number of fused-ring (bicyclic) bond motifs is 1. The minimum Gasteiger partial charge on any atom is -0.408 e. The fourth-order valence-corrected chi connectivity index (χ4v) is 5.02. The van der Waals surface area contributed by atoms with Crippen LogP contribution in [0.25, 0.3) is 11.1 Å². The summed E-state index contributed by atoms with van der Waals surface area (Å²) in [6.07, 6.45) is 5.93. The average molecular weight is 359 g/mol. The zero-order valence-electron chi connectivity index (χ0n) is 13.4. The summed E-state index contributed by atoms with van der Waals surface area (Å²) in [6, 6.07) is 7.93. The number of nitrogens with one attached hydrogen (secondary N) is 1. The summed E-state index contributed by atoms with van der Waals surface area (Å²) in [5.74, 6) is -0.601. The number of rotatable bonds is 3. The molecule has 0 spiro atoms. The summed E-state index contributed by atoms with van der Waals surface area (Å²) < 4.78 is 32.9. The molecule has 1 saturated heterocycles. The molecule has 1 aromatic carbocycles. The van der Waals surface area contributed by atoms with Gasteiger partial charge in [0.2, 0.25) is 10.0 Å². The van der Waals surface area contributed by atoms with Crippen LogP contribution in [-0.4, -0.2) is 29.2 Å². The van der Waals surface area contributed by atoms with Crippen molar-refractivity contribution in [3.8, 4) is 0 Å². The van der Waals surface area contributed by atoms with Crippen molar-refractivity contribution >= 4 is 21.1 Å². The van der Waals surface area contributed by atoms with Crippen molar-refractivity contribution in [2.45, 2.75) is 30.2 Å². The Balaban J connectivity index is 1.77. The van der Waals surface area contributed by atoms with Gasteiger partial charge in [0.1, 0.15) is 0 Å². The first-order valence-electron chi connectivity index (χ1n) is 8.10. The van der Waals surface area contributed by atoms with E-state index in [-0.39, 0.29) is 16.5 Å². The Bertz CT molecular complexity index is 1060. The van der Waals surface area contributed by atoms with Crippen LogP contribution in [0.5, 0.6) is 0 Å². The van der Waals surface area contributed by atoms with E-state index in [1.165, 1.54) is 16.4 Å². The highest BCUT2D eigenvalue weighted by atomic mass is 32.2. The van der Waals surface area contributed by atoms with Crippen LogP contribution in [0, 0.1) is 0 Å². The highest BCUT2D eigenvalue weighted by Gasteiger charge is 2.34. The minimum atomic E-state index is -3.71. The smallest absolute Gasteiger partial charge is 0.408 e. The van der Waals surface area contributed by atoms with Gasteiger partial charge in [0.15, 0.2) is 5.58 Å². The number of aromatic amines is 1. The molecule has 130 valence electrons. The van der Waals surface area contributed by atoms with Crippen molar-refractivity contribution < 1.29 is 12.8 Å². The van der Waals surface area contributed by atoms with Crippen molar-refractivity contribution in [2.75, 3.05) is 6.54 Å². The van der Waals surface area contributed by atoms with E-state index in [9.17, 15) is 13.2 Å². The van der Waals surface area contributed by atoms with Gasteiger partial charge in [-0.15, -0.1) is 0 Å². The third-order valence-corrected chi connectivity index (χ3v) is 6.43. The molecular formula is C17H17N3O4S. The van der Waals surface area contributed by atoms with E-state index >= 15 is 0 Å². The van der Waals surface area contributed by atoms with Crippen LogP contribution in [0.4, 0.5) is 0 Å². The SMILES string of the molecule is O=c1[nH]c2ccc(S(=O)(=O)N3CCCCC3c3cccnc3)cc2o1. The Morgan fingerprint density at radius 1 is 1.24 bits per heavy atom. The molecule has 3 heterocycles. The summed E-state index contributed by atoms with van der Waals surface area (Å²) in [4.78, 5) is 18.1. The molecule has 7 nitrogen and oxygen atoms in total. The summed E-state index contributed by atoms with van der Waals surface area (Å²) >= 11 is 0. The molecule has 1 unspecified atom stereocenters. The molecule has 2 aromatic heterocycles. The number of hydrogen-bond acceptors (Lipinski definition) is 5. The van der Waals surface area contributed by atoms with Crippen molar-refractivity contribution in [1.82, 2.24) is 14.3 Å². The molecule has 1 N–H and O–H groups in total. The van der Waals surface area contributed by atoms with E-state index in [1.807, 2.05) is 12.1 Å². The van der Waals surface area contributed by atoms with Crippen molar-refractivity contribution in [2.24, 2.45) is 0 Å². The third kappa shape index (κ3) is 2.87.